The van der Waals surface area contributed by atoms with Crippen molar-refractivity contribution < 1.29 is 4.79 Å². The molecule has 2 heterocycles. The van der Waals surface area contributed by atoms with Crippen LogP contribution < -0.4 is 10.6 Å². The number of nitrogens with zero attached hydrogens (tertiary/aromatic N) is 2. The third kappa shape index (κ3) is 4.03. The Hall–Kier alpha value is -1.95. The number of anilines is 1. The summed E-state index contributed by atoms with van der Waals surface area (Å²) in [5, 5.41) is 9.06. The molecule has 20 heavy (non-hydrogen) atoms. The number of carbonyl (C=O) groups is 1. The van der Waals surface area contributed by atoms with Crippen LogP contribution in [0.25, 0.3) is 0 Å². The number of thiazole rings is 1. The van der Waals surface area contributed by atoms with E-state index >= 15 is 0 Å². The lowest BCUT2D eigenvalue weighted by Gasteiger charge is -2.06. The zero-order chi connectivity index (χ0) is 14.4. The molecule has 2 aromatic heterocycles. The molecule has 0 unspecified atom stereocenters. The second-order valence-corrected chi connectivity index (χ2v) is 5.39. The maximum atomic E-state index is 12.0. The molecular weight excluding hydrogens is 272 g/mol. The fourth-order valence-electron chi connectivity index (χ4n) is 1.78. The molecule has 0 aliphatic rings. The third-order valence-electron chi connectivity index (χ3n) is 2.71. The van der Waals surface area contributed by atoms with Gasteiger partial charge < -0.3 is 10.6 Å². The summed E-state index contributed by atoms with van der Waals surface area (Å²) in [5.74, 6) is 0.633. The molecule has 2 aromatic rings. The Morgan fingerprint density at radius 3 is 3.00 bits per heavy atom. The maximum Gasteiger partial charge on any atom is 0.251 e. The van der Waals surface area contributed by atoms with E-state index in [-0.39, 0.29) is 5.91 Å². The van der Waals surface area contributed by atoms with Gasteiger partial charge in [-0.15, -0.1) is 11.3 Å². The number of aromatic nitrogens is 2. The summed E-state index contributed by atoms with van der Waals surface area (Å²) < 4.78 is 0. The van der Waals surface area contributed by atoms with Crippen molar-refractivity contribution in [3.05, 3.63) is 40.0 Å². The van der Waals surface area contributed by atoms with Gasteiger partial charge in [0.2, 0.25) is 0 Å². The molecule has 0 bridgehead atoms. The maximum absolute atomic E-state index is 12.0. The molecule has 0 aliphatic carbocycles. The van der Waals surface area contributed by atoms with Gasteiger partial charge in [0.05, 0.1) is 10.7 Å². The molecule has 1 amide bonds. The Bertz CT molecular complexity index is 582. The average molecular weight is 290 g/mol. The largest absolute Gasteiger partial charge is 0.370 e. The zero-order valence-electron chi connectivity index (χ0n) is 11.6. The van der Waals surface area contributed by atoms with Crippen LogP contribution >= 0.6 is 11.3 Å². The Morgan fingerprint density at radius 1 is 1.45 bits per heavy atom. The molecule has 0 fully saturated rings. The molecule has 0 spiro atoms. The van der Waals surface area contributed by atoms with Gasteiger partial charge in [-0.1, -0.05) is 0 Å². The van der Waals surface area contributed by atoms with Gasteiger partial charge >= 0.3 is 0 Å². The molecule has 5 nitrogen and oxygen atoms in total. The van der Waals surface area contributed by atoms with Gasteiger partial charge in [0.1, 0.15) is 5.82 Å². The van der Waals surface area contributed by atoms with Crippen LogP contribution in [0.15, 0.2) is 23.7 Å². The van der Waals surface area contributed by atoms with E-state index in [0.717, 1.165) is 29.5 Å². The van der Waals surface area contributed by atoms with E-state index in [2.05, 4.69) is 20.6 Å². The summed E-state index contributed by atoms with van der Waals surface area (Å²) in [6.07, 6.45) is 2.39. The summed E-state index contributed by atoms with van der Waals surface area (Å²) in [6, 6.07) is 3.47. The number of hydrogen-bond donors (Lipinski definition) is 2. The topological polar surface area (TPSA) is 66.9 Å². The molecular formula is C14H18N4OS. The molecule has 0 saturated heterocycles. The zero-order valence-corrected chi connectivity index (χ0v) is 12.5. The molecule has 6 heteroatoms. The summed E-state index contributed by atoms with van der Waals surface area (Å²) in [5.41, 5.74) is 1.64. The minimum atomic E-state index is -0.0847. The van der Waals surface area contributed by atoms with Crippen LogP contribution in [0.5, 0.6) is 0 Å². The highest BCUT2D eigenvalue weighted by atomic mass is 32.1. The minimum Gasteiger partial charge on any atom is -0.370 e. The Labute approximate surface area is 122 Å². The highest BCUT2D eigenvalue weighted by Gasteiger charge is 2.06. The van der Waals surface area contributed by atoms with E-state index in [4.69, 9.17) is 0 Å². The van der Waals surface area contributed by atoms with Crippen LogP contribution in [0.4, 0.5) is 5.82 Å². The fraction of sp³-hybridized carbons (Fsp3) is 0.357. The number of carbonyl (C=O) groups excluding carboxylic acids is 1. The molecule has 0 aliphatic heterocycles. The van der Waals surface area contributed by atoms with Crippen LogP contribution in [0, 0.1) is 6.92 Å². The number of nitrogens with one attached hydrogen (secondary N) is 2. The first kappa shape index (κ1) is 14.5. The van der Waals surface area contributed by atoms with Gasteiger partial charge in [0.15, 0.2) is 0 Å². The van der Waals surface area contributed by atoms with E-state index in [1.165, 1.54) is 0 Å². The molecule has 2 rings (SSSR count). The highest BCUT2D eigenvalue weighted by molar-refractivity contribution is 7.09. The van der Waals surface area contributed by atoms with E-state index in [1.807, 2.05) is 19.2 Å². The molecule has 106 valence electrons. The van der Waals surface area contributed by atoms with Crippen molar-refractivity contribution >= 4 is 23.1 Å². The molecule has 0 aromatic carbocycles. The SMILES string of the molecule is CCNc1cc(C(=O)NCCc2csc(C)n2)ccn1. The summed E-state index contributed by atoms with van der Waals surface area (Å²) in [7, 11) is 0. The Balaban J connectivity index is 1.86. The smallest absolute Gasteiger partial charge is 0.251 e. The van der Waals surface area contributed by atoms with Crippen molar-refractivity contribution in [2.24, 2.45) is 0 Å². The predicted octanol–water partition coefficient (Wildman–Crippen LogP) is 2.25. The fourth-order valence-corrected chi connectivity index (χ4v) is 2.43. The van der Waals surface area contributed by atoms with Gasteiger partial charge in [-0.25, -0.2) is 9.97 Å². The van der Waals surface area contributed by atoms with Crippen LogP contribution in [-0.4, -0.2) is 29.0 Å². The van der Waals surface area contributed by atoms with Gasteiger partial charge in [0.25, 0.3) is 5.91 Å². The lowest BCUT2D eigenvalue weighted by molar-refractivity contribution is 0.0954. The molecule has 2 N–H and O–H groups in total. The average Bonchev–Trinajstić information content (AvgIpc) is 2.85. The van der Waals surface area contributed by atoms with Crippen LogP contribution in [0.3, 0.4) is 0 Å². The van der Waals surface area contributed by atoms with Crippen LogP contribution in [-0.2, 0) is 6.42 Å². The van der Waals surface area contributed by atoms with Crippen molar-refractivity contribution in [1.82, 2.24) is 15.3 Å². The van der Waals surface area contributed by atoms with Gasteiger partial charge in [-0.3, -0.25) is 4.79 Å². The summed E-state index contributed by atoms with van der Waals surface area (Å²) in [6.45, 7) is 5.33. The third-order valence-corrected chi connectivity index (χ3v) is 3.54. The first-order chi connectivity index (χ1) is 9.69. The molecule has 0 saturated carbocycles. The lowest BCUT2D eigenvalue weighted by Crippen LogP contribution is -2.25. The Morgan fingerprint density at radius 2 is 2.30 bits per heavy atom. The lowest BCUT2D eigenvalue weighted by atomic mass is 10.2. The second-order valence-electron chi connectivity index (χ2n) is 4.32. The number of rotatable bonds is 6. The number of amides is 1. The standard InChI is InChI=1S/C14H18N4OS/c1-3-15-13-8-11(4-6-16-13)14(19)17-7-5-12-9-20-10(2)18-12/h4,6,8-9H,3,5,7H2,1-2H3,(H,15,16)(H,17,19). The van der Waals surface area contributed by atoms with Crippen molar-refractivity contribution in [1.29, 1.82) is 0 Å². The number of aryl methyl sites for hydroxylation is 1. The van der Waals surface area contributed by atoms with E-state index in [1.54, 1.807) is 29.7 Å². The van der Waals surface area contributed by atoms with Crippen molar-refractivity contribution in [3.8, 4) is 0 Å². The quantitative estimate of drug-likeness (QED) is 0.856. The summed E-state index contributed by atoms with van der Waals surface area (Å²) >= 11 is 1.63. The highest BCUT2D eigenvalue weighted by Crippen LogP contribution is 2.09. The van der Waals surface area contributed by atoms with Crippen LogP contribution in [0.2, 0.25) is 0 Å². The Kier molecular flexibility index (Phi) is 5.06. The van der Waals surface area contributed by atoms with E-state index in [9.17, 15) is 4.79 Å². The second kappa shape index (κ2) is 7.00. The van der Waals surface area contributed by atoms with E-state index in [0.29, 0.717) is 12.1 Å². The van der Waals surface area contributed by atoms with Crippen molar-refractivity contribution in [2.45, 2.75) is 20.3 Å². The molecule has 0 atom stereocenters. The number of hydrogen-bond acceptors (Lipinski definition) is 5. The van der Waals surface area contributed by atoms with E-state index < -0.39 is 0 Å². The normalized spacial score (nSPS) is 10.3. The molecule has 0 radical (unpaired) electrons. The van der Waals surface area contributed by atoms with Gasteiger partial charge in [-0.05, 0) is 26.0 Å². The first-order valence-corrected chi connectivity index (χ1v) is 7.46. The van der Waals surface area contributed by atoms with Gasteiger partial charge in [-0.2, -0.15) is 0 Å². The number of pyridine rings is 1. The van der Waals surface area contributed by atoms with Gasteiger partial charge in [0, 0.05) is 36.7 Å². The minimum absolute atomic E-state index is 0.0847. The monoisotopic (exact) mass is 290 g/mol. The van der Waals surface area contributed by atoms with Crippen LogP contribution in [0.1, 0.15) is 28.0 Å². The van der Waals surface area contributed by atoms with Crippen molar-refractivity contribution in [3.63, 3.8) is 0 Å². The predicted molar refractivity (Wildman–Crippen MR) is 81.3 cm³/mol. The van der Waals surface area contributed by atoms with Crippen molar-refractivity contribution in [2.75, 3.05) is 18.4 Å². The first-order valence-electron chi connectivity index (χ1n) is 6.58. The summed E-state index contributed by atoms with van der Waals surface area (Å²) in [4.78, 5) is 20.5.